The Morgan fingerprint density at radius 3 is 1.86 bits per heavy atom. The Labute approximate surface area is 163 Å². The number of ketones is 3. The number of hydrogen-bond acceptors (Lipinski definition) is 3. The maximum atomic E-state index is 13.4. The van der Waals surface area contributed by atoms with Crippen molar-refractivity contribution >= 4 is 17.3 Å². The average molecular weight is 366 g/mol. The zero-order valence-electron chi connectivity index (χ0n) is 15.4. The van der Waals surface area contributed by atoms with Crippen molar-refractivity contribution in [1.29, 1.82) is 0 Å². The molecule has 1 fully saturated rings. The predicted molar refractivity (Wildman–Crippen MR) is 106 cm³/mol. The molecule has 2 atom stereocenters. The first-order valence-corrected chi connectivity index (χ1v) is 9.41. The van der Waals surface area contributed by atoms with Crippen LogP contribution in [0, 0.1) is 18.3 Å². The van der Waals surface area contributed by atoms with Crippen LogP contribution < -0.4 is 0 Å². The fraction of sp³-hybridized carbons (Fsp3) is 0.160. The third-order valence-corrected chi connectivity index (χ3v) is 6.15. The molecular formula is C25H18O3. The lowest BCUT2D eigenvalue weighted by atomic mass is 9.91. The van der Waals surface area contributed by atoms with Crippen molar-refractivity contribution in [3.63, 3.8) is 0 Å². The van der Waals surface area contributed by atoms with E-state index in [2.05, 4.69) is 0 Å². The highest BCUT2D eigenvalue weighted by Gasteiger charge is 2.78. The molecule has 0 saturated heterocycles. The van der Waals surface area contributed by atoms with Crippen LogP contribution in [0.2, 0.25) is 0 Å². The normalized spacial score (nSPS) is 21.6. The number of benzene rings is 3. The van der Waals surface area contributed by atoms with E-state index in [4.69, 9.17) is 0 Å². The minimum Gasteiger partial charge on any atom is -0.294 e. The van der Waals surface area contributed by atoms with E-state index < -0.39 is 17.3 Å². The van der Waals surface area contributed by atoms with Crippen molar-refractivity contribution < 1.29 is 14.4 Å². The molecule has 0 N–H and O–H groups in total. The Morgan fingerprint density at radius 2 is 1.29 bits per heavy atom. The molecule has 3 aromatic rings. The minimum absolute atomic E-state index is 0.136. The van der Waals surface area contributed by atoms with Crippen molar-refractivity contribution in [2.24, 2.45) is 11.3 Å². The van der Waals surface area contributed by atoms with E-state index >= 15 is 0 Å². The zero-order chi connectivity index (χ0) is 19.5. The maximum absolute atomic E-state index is 13.4. The molecule has 3 aromatic carbocycles. The monoisotopic (exact) mass is 366 g/mol. The van der Waals surface area contributed by atoms with Crippen molar-refractivity contribution in [3.8, 4) is 0 Å². The molecule has 0 unspecified atom stereocenters. The maximum Gasteiger partial charge on any atom is 0.178 e. The Morgan fingerprint density at radius 1 is 0.750 bits per heavy atom. The van der Waals surface area contributed by atoms with Gasteiger partial charge in [0, 0.05) is 22.6 Å². The van der Waals surface area contributed by atoms with Crippen LogP contribution >= 0.6 is 0 Å². The van der Waals surface area contributed by atoms with Gasteiger partial charge in [0.15, 0.2) is 17.3 Å². The van der Waals surface area contributed by atoms with Gasteiger partial charge in [-0.15, -0.1) is 0 Å². The molecule has 0 bridgehead atoms. The van der Waals surface area contributed by atoms with E-state index in [0.29, 0.717) is 16.7 Å². The summed E-state index contributed by atoms with van der Waals surface area (Å²) in [4.78, 5) is 40.2. The fourth-order valence-corrected chi connectivity index (χ4v) is 4.75. The summed E-state index contributed by atoms with van der Waals surface area (Å²) >= 11 is 0. The summed E-state index contributed by atoms with van der Waals surface area (Å²) in [6, 6.07) is 23.7. The zero-order valence-corrected chi connectivity index (χ0v) is 15.4. The molecule has 0 aromatic heterocycles. The highest BCUT2D eigenvalue weighted by atomic mass is 16.2. The van der Waals surface area contributed by atoms with E-state index in [1.165, 1.54) is 0 Å². The first-order valence-electron chi connectivity index (χ1n) is 9.41. The van der Waals surface area contributed by atoms with Crippen LogP contribution in [-0.2, 0) is 0 Å². The quantitative estimate of drug-likeness (QED) is 0.500. The topological polar surface area (TPSA) is 51.2 Å². The number of rotatable bonds is 3. The molecule has 28 heavy (non-hydrogen) atoms. The van der Waals surface area contributed by atoms with Crippen LogP contribution in [0.4, 0.5) is 0 Å². The number of fused-ring (bicyclic) bond motifs is 1. The molecule has 2 aliphatic rings. The van der Waals surface area contributed by atoms with E-state index in [9.17, 15) is 14.4 Å². The highest BCUT2D eigenvalue weighted by Crippen LogP contribution is 2.70. The summed E-state index contributed by atoms with van der Waals surface area (Å²) in [5, 5.41) is 0. The van der Waals surface area contributed by atoms with Crippen molar-refractivity contribution in [2.75, 3.05) is 0 Å². The third kappa shape index (κ3) is 2.07. The second-order valence-corrected chi connectivity index (χ2v) is 7.67. The molecule has 136 valence electrons. The van der Waals surface area contributed by atoms with E-state index in [0.717, 1.165) is 11.1 Å². The van der Waals surface area contributed by atoms with Gasteiger partial charge in [-0.1, -0.05) is 84.4 Å². The molecule has 1 spiro atoms. The predicted octanol–water partition coefficient (Wildman–Crippen LogP) is 4.66. The van der Waals surface area contributed by atoms with E-state index in [-0.39, 0.29) is 17.3 Å². The number of hydrogen-bond donors (Lipinski definition) is 0. The molecule has 0 aliphatic heterocycles. The van der Waals surface area contributed by atoms with Gasteiger partial charge in [0.05, 0.1) is 5.92 Å². The molecule has 5 rings (SSSR count). The summed E-state index contributed by atoms with van der Waals surface area (Å²) in [5.74, 6) is -1.65. The summed E-state index contributed by atoms with van der Waals surface area (Å²) in [6.45, 7) is 1.96. The largest absolute Gasteiger partial charge is 0.294 e. The standard InChI is InChI=1S/C25H18O3/c1-15-11-13-17(14-12-15)22(26)21-20(16-7-3-2-4-8-16)25(21)23(27)18-9-5-6-10-19(18)24(25)28/h2-14,20-21H,1H3/t20-,21+/m1/s1. The molecule has 0 amide bonds. The van der Waals surface area contributed by atoms with Gasteiger partial charge < -0.3 is 0 Å². The van der Waals surface area contributed by atoms with Crippen LogP contribution in [0.1, 0.15) is 48.1 Å². The summed E-state index contributed by atoms with van der Waals surface area (Å²) in [5.41, 5.74) is 2.04. The Bertz CT molecular complexity index is 1090. The minimum atomic E-state index is -1.30. The molecule has 1 saturated carbocycles. The molecule has 3 heteroatoms. The molecule has 2 aliphatic carbocycles. The number of carbonyl (C=O) groups is 3. The number of carbonyl (C=O) groups excluding carboxylic acids is 3. The average Bonchev–Trinajstić information content (AvgIpc) is 3.39. The van der Waals surface area contributed by atoms with Gasteiger partial charge in [-0.3, -0.25) is 14.4 Å². The SMILES string of the molecule is Cc1ccc(C(=O)[C@@H]2[C@@H](c3ccccc3)C23C(=O)c2ccccc2C3=O)cc1. The summed E-state index contributed by atoms with van der Waals surface area (Å²) < 4.78 is 0. The van der Waals surface area contributed by atoms with Crippen LogP contribution in [-0.4, -0.2) is 17.3 Å². The van der Waals surface area contributed by atoms with Crippen molar-refractivity contribution in [2.45, 2.75) is 12.8 Å². The van der Waals surface area contributed by atoms with Gasteiger partial charge in [0.1, 0.15) is 5.41 Å². The molecule has 0 heterocycles. The van der Waals surface area contributed by atoms with Gasteiger partial charge >= 0.3 is 0 Å². The lowest BCUT2D eigenvalue weighted by Crippen LogP contribution is -2.23. The van der Waals surface area contributed by atoms with Gasteiger partial charge in [-0.2, -0.15) is 0 Å². The Hall–Kier alpha value is -3.33. The number of aryl methyl sites for hydroxylation is 1. The van der Waals surface area contributed by atoms with Crippen molar-refractivity contribution in [3.05, 3.63) is 107 Å². The van der Waals surface area contributed by atoms with Crippen LogP contribution in [0.25, 0.3) is 0 Å². The third-order valence-electron chi connectivity index (χ3n) is 6.15. The molecule has 0 radical (unpaired) electrons. The highest BCUT2D eigenvalue weighted by molar-refractivity contribution is 6.35. The summed E-state index contributed by atoms with van der Waals surface area (Å²) in [6.07, 6.45) is 0. The van der Waals surface area contributed by atoms with Crippen LogP contribution in [0.3, 0.4) is 0 Å². The Kier molecular flexibility index (Phi) is 3.50. The van der Waals surface area contributed by atoms with E-state index in [1.807, 2.05) is 49.4 Å². The Balaban J connectivity index is 1.65. The van der Waals surface area contributed by atoms with Gasteiger partial charge in [0.2, 0.25) is 0 Å². The first kappa shape index (κ1) is 16.8. The van der Waals surface area contributed by atoms with E-state index in [1.54, 1.807) is 36.4 Å². The number of Topliss-reactive ketones (excluding diaryl/α,β-unsaturated/α-hetero) is 3. The van der Waals surface area contributed by atoms with Crippen LogP contribution in [0.5, 0.6) is 0 Å². The summed E-state index contributed by atoms with van der Waals surface area (Å²) in [7, 11) is 0. The lowest BCUT2D eigenvalue weighted by molar-refractivity contribution is 0.0764. The second kappa shape index (κ2) is 5.83. The second-order valence-electron chi connectivity index (χ2n) is 7.67. The lowest BCUT2D eigenvalue weighted by Gasteiger charge is -2.07. The first-order chi connectivity index (χ1) is 13.6. The van der Waals surface area contributed by atoms with Gasteiger partial charge in [-0.25, -0.2) is 0 Å². The van der Waals surface area contributed by atoms with Crippen LogP contribution in [0.15, 0.2) is 78.9 Å². The van der Waals surface area contributed by atoms with Gasteiger partial charge in [-0.05, 0) is 12.5 Å². The van der Waals surface area contributed by atoms with Crippen molar-refractivity contribution in [1.82, 2.24) is 0 Å². The molecular weight excluding hydrogens is 348 g/mol. The molecule has 3 nitrogen and oxygen atoms in total. The smallest absolute Gasteiger partial charge is 0.178 e. The van der Waals surface area contributed by atoms with Gasteiger partial charge in [0.25, 0.3) is 0 Å². The fourth-order valence-electron chi connectivity index (χ4n) is 4.75.